The molecule has 2 aromatic heterocycles. The molecule has 0 aliphatic rings. The van der Waals surface area contributed by atoms with Crippen LogP contribution in [0.2, 0.25) is 0 Å². The lowest BCUT2D eigenvalue weighted by Crippen LogP contribution is -2.05. The molecule has 0 aliphatic carbocycles. The monoisotopic (exact) mass is 253 g/mol. The van der Waals surface area contributed by atoms with Gasteiger partial charge in [0.1, 0.15) is 11.3 Å². The molecule has 0 saturated carbocycles. The zero-order chi connectivity index (χ0) is 13.2. The van der Waals surface area contributed by atoms with Crippen molar-refractivity contribution in [3.05, 3.63) is 48.0 Å². The third kappa shape index (κ3) is 2.27. The summed E-state index contributed by atoms with van der Waals surface area (Å²) in [5.41, 5.74) is 8.50. The number of rotatable bonds is 3. The average Bonchev–Trinajstić information content (AvgIpc) is 2.88. The molecule has 2 heterocycles. The topological polar surface area (TPSA) is 80.5 Å². The van der Waals surface area contributed by atoms with Gasteiger partial charge in [-0.2, -0.15) is 0 Å². The maximum Gasteiger partial charge on any atom is 0.183 e. The van der Waals surface area contributed by atoms with Crippen molar-refractivity contribution >= 4 is 17.0 Å². The molecule has 3 aromatic rings. The van der Waals surface area contributed by atoms with Crippen LogP contribution in [0.5, 0.6) is 0 Å². The molecule has 0 aliphatic heterocycles. The molecule has 5 nitrogen and oxygen atoms in total. The number of benzene rings is 1. The van der Waals surface area contributed by atoms with E-state index in [4.69, 9.17) is 5.73 Å². The Morgan fingerprint density at radius 2 is 2.00 bits per heavy atom. The number of aromatic nitrogens is 4. The lowest BCUT2D eigenvalue weighted by atomic mass is 9.97. The first-order valence-electron chi connectivity index (χ1n) is 6.24. The van der Waals surface area contributed by atoms with E-state index in [0.717, 1.165) is 12.2 Å². The number of anilines is 1. The Labute approximate surface area is 110 Å². The Balaban J connectivity index is 1.89. The summed E-state index contributed by atoms with van der Waals surface area (Å²) in [5.74, 6) is 1.53. The van der Waals surface area contributed by atoms with Gasteiger partial charge >= 0.3 is 0 Å². The van der Waals surface area contributed by atoms with Crippen molar-refractivity contribution in [2.75, 3.05) is 5.73 Å². The minimum atomic E-state index is 0.344. The zero-order valence-electron chi connectivity index (χ0n) is 10.7. The van der Waals surface area contributed by atoms with Gasteiger partial charge in [-0.05, 0) is 11.5 Å². The van der Waals surface area contributed by atoms with E-state index in [0.29, 0.717) is 22.9 Å². The van der Waals surface area contributed by atoms with E-state index in [2.05, 4.69) is 39.0 Å². The first kappa shape index (κ1) is 11.6. The molecule has 3 N–H and O–H groups in total. The molecule has 0 saturated heterocycles. The van der Waals surface area contributed by atoms with Crippen LogP contribution in [0.1, 0.15) is 24.2 Å². The molecule has 96 valence electrons. The van der Waals surface area contributed by atoms with Gasteiger partial charge in [0.25, 0.3) is 0 Å². The number of nitrogens with zero attached hydrogens (tertiary/aromatic N) is 3. The molecule has 0 fully saturated rings. The smallest absolute Gasteiger partial charge is 0.183 e. The highest BCUT2D eigenvalue weighted by molar-refractivity contribution is 5.80. The van der Waals surface area contributed by atoms with Gasteiger partial charge in [-0.3, -0.25) is 0 Å². The first-order valence-corrected chi connectivity index (χ1v) is 6.24. The van der Waals surface area contributed by atoms with Crippen LogP contribution in [0.4, 0.5) is 5.82 Å². The number of nitrogens with one attached hydrogen (secondary N) is 1. The number of nitrogen functional groups attached to an aromatic ring is 1. The molecule has 0 amide bonds. The second kappa shape index (κ2) is 4.68. The second-order valence-electron chi connectivity index (χ2n) is 4.64. The Morgan fingerprint density at radius 3 is 2.79 bits per heavy atom. The van der Waals surface area contributed by atoms with E-state index < -0.39 is 0 Å². The van der Waals surface area contributed by atoms with Crippen molar-refractivity contribution in [1.29, 1.82) is 0 Å². The maximum absolute atomic E-state index is 5.89. The summed E-state index contributed by atoms with van der Waals surface area (Å²) < 4.78 is 0. The van der Waals surface area contributed by atoms with Crippen molar-refractivity contribution in [3.63, 3.8) is 0 Å². The Bertz CT molecular complexity index is 689. The third-order valence-electron chi connectivity index (χ3n) is 3.22. The highest BCUT2D eigenvalue weighted by Gasteiger charge is 2.11. The lowest BCUT2D eigenvalue weighted by molar-refractivity contribution is 0.722. The molecule has 0 spiro atoms. The average molecular weight is 253 g/mol. The molecule has 0 radical (unpaired) electrons. The largest absolute Gasteiger partial charge is 0.382 e. The van der Waals surface area contributed by atoms with Crippen LogP contribution < -0.4 is 5.73 Å². The third-order valence-corrected chi connectivity index (χ3v) is 3.22. The van der Waals surface area contributed by atoms with Gasteiger partial charge in [-0.25, -0.2) is 15.0 Å². The van der Waals surface area contributed by atoms with Crippen LogP contribution in [0, 0.1) is 0 Å². The fraction of sp³-hybridized carbons (Fsp3) is 0.214. The van der Waals surface area contributed by atoms with E-state index in [1.54, 1.807) is 6.33 Å². The maximum atomic E-state index is 5.89. The van der Waals surface area contributed by atoms with Gasteiger partial charge in [0.05, 0.1) is 6.33 Å². The van der Waals surface area contributed by atoms with Gasteiger partial charge in [0, 0.05) is 6.42 Å². The van der Waals surface area contributed by atoms with E-state index in [-0.39, 0.29) is 0 Å². The van der Waals surface area contributed by atoms with Crippen molar-refractivity contribution in [3.8, 4) is 0 Å². The van der Waals surface area contributed by atoms with Gasteiger partial charge in [0.2, 0.25) is 0 Å². The lowest BCUT2D eigenvalue weighted by Gasteiger charge is -2.10. The summed E-state index contributed by atoms with van der Waals surface area (Å²) in [5, 5.41) is 0. The predicted molar refractivity (Wildman–Crippen MR) is 74.7 cm³/mol. The standard InChI is InChI=1S/C14H15N5/c1-9(10-5-3-2-4-6-10)7-11-18-13(15)12-14(19-11)17-8-16-12/h2-6,8-9H,7H2,1H3,(H3,15,16,17,18,19). The fourth-order valence-corrected chi connectivity index (χ4v) is 2.17. The first-order chi connectivity index (χ1) is 9.24. The second-order valence-corrected chi connectivity index (χ2v) is 4.64. The minimum Gasteiger partial charge on any atom is -0.382 e. The Kier molecular flexibility index (Phi) is 2.87. The van der Waals surface area contributed by atoms with Gasteiger partial charge in [0.15, 0.2) is 11.5 Å². The van der Waals surface area contributed by atoms with E-state index in [9.17, 15) is 0 Å². The van der Waals surface area contributed by atoms with E-state index in [1.165, 1.54) is 5.56 Å². The number of hydrogen-bond donors (Lipinski definition) is 2. The Morgan fingerprint density at radius 1 is 1.21 bits per heavy atom. The molecule has 5 heteroatoms. The van der Waals surface area contributed by atoms with Crippen LogP contribution in [0.3, 0.4) is 0 Å². The van der Waals surface area contributed by atoms with Crippen LogP contribution >= 0.6 is 0 Å². The number of nitrogens with two attached hydrogens (primary N) is 1. The van der Waals surface area contributed by atoms with Gasteiger partial charge in [-0.1, -0.05) is 37.3 Å². The Hall–Kier alpha value is -2.43. The number of imidazole rings is 1. The molecule has 0 bridgehead atoms. The number of H-pyrrole nitrogens is 1. The number of aromatic amines is 1. The van der Waals surface area contributed by atoms with Crippen LogP contribution in [-0.4, -0.2) is 19.9 Å². The van der Waals surface area contributed by atoms with Crippen LogP contribution in [0.25, 0.3) is 11.2 Å². The van der Waals surface area contributed by atoms with Gasteiger partial charge < -0.3 is 10.7 Å². The van der Waals surface area contributed by atoms with E-state index >= 15 is 0 Å². The van der Waals surface area contributed by atoms with Crippen LogP contribution in [-0.2, 0) is 6.42 Å². The summed E-state index contributed by atoms with van der Waals surface area (Å²) >= 11 is 0. The number of hydrogen-bond acceptors (Lipinski definition) is 4. The summed E-state index contributed by atoms with van der Waals surface area (Å²) in [6.07, 6.45) is 2.33. The molecule has 1 atom stereocenters. The highest BCUT2D eigenvalue weighted by Crippen LogP contribution is 2.20. The molecule has 3 rings (SSSR count). The number of fused-ring (bicyclic) bond motifs is 1. The predicted octanol–water partition coefficient (Wildman–Crippen LogP) is 2.28. The van der Waals surface area contributed by atoms with Crippen molar-refractivity contribution in [2.24, 2.45) is 0 Å². The molecular weight excluding hydrogens is 238 g/mol. The van der Waals surface area contributed by atoms with Crippen LogP contribution in [0.15, 0.2) is 36.7 Å². The molecule has 1 aromatic carbocycles. The van der Waals surface area contributed by atoms with Crippen molar-refractivity contribution in [1.82, 2.24) is 19.9 Å². The van der Waals surface area contributed by atoms with Crippen molar-refractivity contribution < 1.29 is 0 Å². The summed E-state index contributed by atoms with van der Waals surface area (Å²) in [7, 11) is 0. The normalized spacial score (nSPS) is 12.7. The SMILES string of the molecule is CC(Cc1nc(N)c2[nH]cnc2n1)c1ccccc1. The minimum absolute atomic E-state index is 0.344. The highest BCUT2D eigenvalue weighted by atomic mass is 15.0. The van der Waals surface area contributed by atoms with Gasteiger partial charge in [-0.15, -0.1) is 0 Å². The molecule has 1 unspecified atom stereocenters. The summed E-state index contributed by atoms with van der Waals surface area (Å²) in [4.78, 5) is 15.8. The van der Waals surface area contributed by atoms with Crippen molar-refractivity contribution in [2.45, 2.75) is 19.3 Å². The molecule has 19 heavy (non-hydrogen) atoms. The molecular formula is C14H15N5. The zero-order valence-corrected chi connectivity index (χ0v) is 10.7. The quantitative estimate of drug-likeness (QED) is 0.750. The van der Waals surface area contributed by atoms with E-state index in [1.807, 2.05) is 18.2 Å². The summed E-state index contributed by atoms with van der Waals surface area (Å²) in [6.45, 7) is 2.16. The fourth-order valence-electron chi connectivity index (χ4n) is 2.17. The summed E-state index contributed by atoms with van der Waals surface area (Å²) in [6, 6.07) is 10.3.